The third kappa shape index (κ3) is 3.48. The van der Waals surface area contributed by atoms with Gasteiger partial charge in [-0.05, 0) is 13.3 Å². The van der Waals surface area contributed by atoms with Crippen LogP contribution in [0, 0.1) is 6.92 Å². The van der Waals surface area contributed by atoms with Crippen molar-refractivity contribution >= 4 is 22.4 Å². The van der Waals surface area contributed by atoms with Crippen molar-refractivity contribution in [1.82, 2.24) is 9.88 Å². The molecule has 6 nitrogen and oxygen atoms in total. The van der Waals surface area contributed by atoms with Gasteiger partial charge in [0.15, 0.2) is 10.9 Å². The molecule has 3 heterocycles. The van der Waals surface area contributed by atoms with Gasteiger partial charge >= 0.3 is 0 Å². The standard InChI is InChI=1S/C15H23N3O3S/c1-3-12-11(2)22-14(16-12)17-13(19)10-18-6-4-15(5-7-18)20-8-9-21-15/h3-10H2,1-2H3,(H,16,17,19). The molecule has 2 aliphatic heterocycles. The van der Waals surface area contributed by atoms with Gasteiger partial charge in [0.25, 0.3) is 0 Å². The lowest BCUT2D eigenvalue weighted by molar-refractivity contribution is -0.185. The van der Waals surface area contributed by atoms with Crippen molar-refractivity contribution in [2.75, 3.05) is 38.2 Å². The summed E-state index contributed by atoms with van der Waals surface area (Å²) in [6.07, 6.45) is 2.56. The lowest BCUT2D eigenvalue weighted by Gasteiger charge is -2.37. The SMILES string of the molecule is CCc1nc(NC(=O)CN2CCC3(CC2)OCCO3)sc1C. The molecule has 22 heavy (non-hydrogen) atoms. The van der Waals surface area contributed by atoms with E-state index in [0.29, 0.717) is 24.9 Å². The molecule has 2 fully saturated rings. The molecule has 1 N–H and O–H groups in total. The van der Waals surface area contributed by atoms with Crippen molar-refractivity contribution in [2.45, 2.75) is 38.9 Å². The van der Waals surface area contributed by atoms with Crippen LogP contribution in [0.2, 0.25) is 0 Å². The van der Waals surface area contributed by atoms with Crippen LogP contribution in [0.15, 0.2) is 0 Å². The number of hydrogen-bond donors (Lipinski definition) is 1. The molecule has 0 unspecified atom stereocenters. The number of carbonyl (C=O) groups excluding carboxylic acids is 1. The van der Waals surface area contributed by atoms with E-state index in [2.05, 4.69) is 22.1 Å². The fourth-order valence-corrected chi connectivity index (χ4v) is 3.93. The molecule has 3 rings (SSSR count). The maximum Gasteiger partial charge on any atom is 0.240 e. The Bertz CT molecular complexity index is 530. The molecule has 7 heteroatoms. The Morgan fingerprint density at radius 3 is 2.64 bits per heavy atom. The lowest BCUT2D eigenvalue weighted by atomic mass is 10.0. The van der Waals surface area contributed by atoms with Gasteiger partial charge in [0.1, 0.15) is 0 Å². The molecule has 0 radical (unpaired) electrons. The Morgan fingerprint density at radius 2 is 2.05 bits per heavy atom. The number of thiazole rings is 1. The summed E-state index contributed by atoms with van der Waals surface area (Å²) in [6.45, 7) is 7.53. The molecule has 0 aromatic carbocycles. The minimum Gasteiger partial charge on any atom is -0.347 e. The number of aryl methyl sites for hydroxylation is 2. The van der Waals surface area contributed by atoms with E-state index in [-0.39, 0.29) is 11.7 Å². The van der Waals surface area contributed by atoms with Crippen LogP contribution >= 0.6 is 11.3 Å². The van der Waals surface area contributed by atoms with Gasteiger partial charge in [-0.15, -0.1) is 11.3 Å². The molecule has 1 spiro atoms. The summed E-state index contributed by atoms with van der Waals surface area (Å²) >= 11 is 1.54. The maximum atomic E-state index is 12.2. The van der Waals surface area contributed by atoms with Gasteiger partial charge in [-0.3, -0.25) is 9.69 Å². The van der Waals surface area contributed by atoms with E-state index in [1.165, 1.54) is 4.88 Å². The number of nitrogens with one attached hydrogen (secondary N) is 1. The highest BCUT2D eigenvalue weighted by atomic mass is 32.1. The topological polar surface area (TPSA) is 63.7 Å². The van der Waals surface area contributed by atoms with Gasteiger partial charge in [0.05, 0.1) is 25.5 Å². The quantitative estimate of drug-likeness (QED) is 0.914. The second-order valence-electron chi connectivity index (χ2n) is 5.81. The highest BCUT2D eigenvalue weighted by molar-refractivity contribution is 7.15. The van der Waals surface area contributed by atoms with E-state index in [0.717, 1.165) is 38.0 Å². The zero-order valence-electron chi connectivity index (χ0n) is 13.2. The number of likely N-dealkylation sites (tertiary alicyclic amines) is 1. The van der Waals surface area contributed by atoms with Crippen molar-refractivity contribution in [3.63, 3.8) is 0 Å². The van der Waals surface area contributed by atoms with E-state index in [9.17, 15) is 4.79 Å². The van der Waals surface area contributed by atoms with E-state index in [1.807, 2.05) is 6.92 Å². The highest BCUT2D eigenvalue weighted by Gasteiger charge is 2.39. The molecule has 1 amide bonds. The first-order valence-corrected chi connectivity index (χ1v) is 8.68. The average molecular weight is 325 g/mol. The Hall–Kier alpha value is -1.02. The molecule has 0 atom stereocenters. The minimum atomic E-state index is -0.380. The highest BCUT2D eigenvalue weighted by Crippen LogP contribution is 2.31. The number of piperidine rings is 1. The van der Waals surface area contributed by atoms with Crippen molar-refractivity contribution < 1.29 is 14.3 Å². The first kappa shape index (κ1) is 15.9. The Kier molecular flexibility index (Phi) is 4.77. The molecule has 1 aromatic heterocycles. The van der Waals surface area contributed by atoms with E-state index in [4.69, 9.17) is 9.47 Å². The number of nitrogens with zero attached hydrogens (tertiary/aromatic N) is 2. The third-order valence-corrected chi connectivity index (χ3v) is 5.20. The number of rotatable bonds is 4. The second kappa shape index (κ2) is 6.62. The van der Waals surface area contributed by atoms with Crippen LogP contribution < -0.4 is 5.32 Å². The van der Waals surface area contributed by atoms with Crippen LogP contribution in [0.25, 0.3) is 0 Å². The number of ether oxygens (including phenoxy) is 2. The minimum absolute atomic E-state index is 0.000566. The third-order valence-electron chi connectivity index (χ3n) is 4.27. The molecule has 2 saturated heterocycles. The van der Waals surface area contributed by atoms with Gasteiger partial charge < -0.3 is 14.8 Å². The van der Waals surface area contributed by atoms with E-state index in [1.54, 1.807) is 11.3 Å². The molecule has 1 aromatic rings. The molecule has 0 bridgehead atoms. The molecule has 122 valence electrons. The summed E-state index contributed by atoms with van der Waals surface area (Å²) in [5, 5.41) is 3.61. The van der Waals surface area contributed by atoms with E-state index < -0.39 is 0 Å². The first-order valence-electron chi connectivity index (χ1n) is 7.87. The lowest BCUT2D eigenvalue weighted by Crippen LogP contribution is -2.47. The van der Waals surface area contributed by atoms with Crippen LogP contribution in [-0.2, 0) is 20.7 Å². The monoisotopic (exact) mass is 325 g/mol. The van der Waals surface area contributed by atoms with Gasteiger partial charge in [0.2, 0.25) is 5.91 Å². The molecule has 0 aliphatic carbocycles. The average Bonchev–Trinajstić information content (AvgIpc) is 3.09. The summed E-state index contributed by atoms with van der Waals surface area (Å²) in [4.78, 5) is 19.9. The molecule has 2 aliphatic rings. The summed E-state index contributed by atoms with van der Waals surface area (Å²) in [6, 6.07) is 0. The summed E-state index contributed by atoms with van der Waals surface area (Å²) in [7, 11) is 0. The predicted octanol–water partition coefficient (Wildman–Crippen LogP) is 1.79. The van der Waals surface area contributed by atoms with Crippen molar-refractivity contribution in [1.29, 1.82) is 0 Å². The van der Waals surface area contributed by atoms with Gasteiger partial charge in [0, 0.05) is 30.8 Å². The zero-order valence-corrected chi connectivity index (χ0v) is 14.0. The fourth-order valence-electron chi connectivity index (χ4n) is 3.01. The normalized spacial score (nSPS) is 21.4. The van der Waals surface area contributed by atoms with Crippen molar-refractivity contribution in [3.05, 3.63) is 10.6 Å². The summed E-state index contributed by atoms with van der Waals surface area (Å²) in [5.41, 5.74) is 1.07. The number of carbonyl (C=O) groups is 1. The number of amides is 1. The zero-order chi connectivity index (χ0) is 15.6. The van der Waals surface area contributed by atoms with E-state index >= 15 is 0 Å². The summed E-state index contributed by atoms with van der Waals surface area (Å²) in [5.74, 6) is -0.379. The van der Waals surface area contributed by atoms with Crippen LogP contribution in [0.4, 0.5) is 5.13 Å². The van der Waals surface area contributed by atoms with Gasteiger partial charge in [-0.2, -0.15) is 0 Å². The van der Waals surface area contributed by atoms with Gasteiger partial charge in [-0.25, -0.2) is 4.98 Å². The maximum absolute atomic E-state index is 12.2. The van der Waals surface area contributed by atoms with Gasteiger partial charge in [-0.1, -0.05) is 6.92 Å². The largest absolute Gasteiger partial charge is 0.347 e. The number of anilines is 1. The van der Waals surface area contributed by atoms with Crippen molar-refractivity contribution in [3.8, 4) is 0 Å². The second-order valence-corrected chi connectivity index (χ2v) is 7.01. The number of aromatic nitrogens is 1. The first-order chi connectivity index (χ1) is 10.6. The van der Waals surface area contributed by atoms with Crippen LogP contribution in [0.5, 0.6) is 0 Å². The molecular weight excluding hydrogens is 302 g/mol. The Balaban J connectivity index is 1.48. The fraction of sp³-hybridized carbons (Fsp3) is 0.733. The predicted molar refractivity (Wildman–Crippen MR) is 85.2 cm³/mol. The smallest absolute Gasteiger partial charge is 0.240 e. The Labute approximate surface area is 134 Å². The van der Waals surface area contributed by atoms with Crippen LogP contribution in [-0.4, -0.2) is 54.4 Å². The van der Waals surface area contributed by atoms with Crippen LogP contribution in [0.1, 0.15) is 30.3 Å². The Morgan fingerprint density at radius 1 is 1.36 bits per heavy atom. The molecular formula is C15H23N3O3S. The molecule has 0 saturated carbocycles. The van der Waals surface area contributed by atoms with Crippen molar-refractivity contribution in [2.24, 2.45) is 0 Å². The summed E-state index contributed by atoms with van der Waals surface area (Å²) < 4.78 is 11.4. The van der Waals surface area contributed by atoms with Crippen LogP contribution in [0.3, 0.4) is 0 Å². The number of hydrogen-bond acceptors (Lipinski definition) is 6.